The number of para-hydroxylation sites is 1. The van der Waals surface area contributed by atoms with Gasteiger partial charge in [0, 0.05) is 6.07 Å². The lowest BCUT2D eigenvalue weighted by atomic mass is 10.2. The Balaban J connectivity index is 1.90. The molecule has 0 atom stereocenters. The van der Waals surface area contributed by atoms with E-state index in [4.69, 9.17) is 14.3 Å². The molecule has 2 heterocycles. The second kappa shape index (κ2) is 8.15. The van der Waals surface area contributed by atoms with Gasteiger partial charge in [-0.3, -0.25) is 14.4 Å². The highest BCUT2D eigenvalue weighted by molar-refractivity contribution is 7.89. The molecule has 12 heteroatoms. The fourth-order valence-electron chi connectivity index (χ4n) is 3.01. The quantitative estimate of drug-likeness (QED) is 0.440. The van der Waals surface area contributed by atoms with Crippen LogP contribution in [0.5, 0.6) is 0 Å². The summed E-state index contributed by atoms with van der Waals surface area (Å²) in [4.78, 5) is 41.0. The Hall–Kier alpha value is -3.61. The second-order valence-electron chi connectivity index (χ2n) is 6.61. The number of fused-ring (bicyclic) bond motifs is 2. The number of hydrogen-bond donors (Lipinski definition) is 1. The molecule has 0 aliphatic rings. The summed E-state index contributed by atoms with van der Waals surface area (Å²) in [6.45, 7) is -0.279. The summed E-state index contributed by atoms with van der Waals surface area (Å²) < 4.78 is 35.4. The normalized spacial score (nSPS) is 12.4. The number of methoxy groups -OCH3 is 1. The number of esters is 1. The van der Waals surface area contributed by atoms with E-state index in [-0.39, 0.29) is 27.6 Å². The average molecular weight is 473 g/mol. The van der Waals surface area contributed by atoms with Crippen molar-refractivity contribution in [2.75, 3.05) is 7.11 Å². The van der Waals surface area contributed by atoms with E-state index in [0.29, 0.717) is 15.6 Å². The first-order valence-corrected chi connectivity index (χ1v) is 11.4. The number of sulfonamides is 1. The molecule has 4 aromatic rings. The fraction of sp³-hybridized carbons (Fsp3) is 0.100. The minimum absolute atomic E-state index is 0.0813. The molecule has 32 heavy (non-hydrogen) atoms. The Morgan fingerprint density at radius 3 is 2.66 bits per heavy atom. The summed E-state index contributed by atoms with van der Waals surface area (Å²) in [5.74, 6) is -1.72. The number of amides is 1. The summed E-state index contributed by atoms with van der Waals surface area (Å²) >= 11 is 0.965. The van der Waals surface area contributed by atoms with E-state index >= 15 is 0 Å². The zero-order chi connectivity index (χ0) is 23.0. The lowest BCUT2D eigenvalue weighted by Gasteiger charge is -2.04. The number of primary sulfonamides is 1. The number of carbonyl (C=O) groups is 2. The van der Waals surface area contributed by atoms with E-state index in [1.807, 2.05) is 0 Å². The summed E-state index contributed by atoms with van der Waals surface area (Å²) in [6.07, 6.45) is 0. The van der Waals surface area contributed by atoms with E-state index in [0.717, 1.165) is 17.4 Å². The fourth-order valence-corrected chi connectivity index (χ4v) is 4.70. The smallest absolute Gasteiger partial charge is 0.325 e. The van der Waals surface area contributed by atoms with Crippen molar-refractivity contribution in [3.05, 3.63) is 69.3 Å². The van der Waals surface area contributed by atoms with E-state index in [1.165, 1.54) is 29.9 Å². The molecule has 10 nitrogen and oxygen atoms in total. The molecule has 0 radical (unpaired) electrons. The SMILES string of the molecule is COC(=O)Cn1c(=NC(=O)c2cc(=O)c3ccccc3o2)sc2cc(S(N)(=O)=O)ccc21. The van der Waals surface area contributed by atoms with Crippen LogP contribution in [0.3, 0.4) is 0 Å². The van der Waals surface area contributed by atoms with Gasteiger partial charge in [0.25, 0.3) is 0 Å². The third kappa shape index (κ3) is 4.10. The van der Waals surface area contributed by atoms with Gasteiger partial charge >= 0.3 is 11.9 Å². The molecular formula is C20H15N3O7S2. The molecule has 0 aliphatic carbocycles. The Kier molecular flexibility index (Phi) is 5.50. The zero-order valence-corrected chi connectivity index (χ0v) is 18.1. The number of aromatic nitrogens is 1. The van der Waals surface area contributed by atoms with Crippen LogP contribution in [0.1, 0.15) is 10.6 Å². The topological polar surface area (TPSA) is 151 Å². The van der Waals surface area contributed by atoms with Crippen molar-refractivity contribution >= 4 is 54.4 Å². The average Bonchev–Trinajstić information content (AvgIpc) is 3.09. The van der Waals surface area contributed by atoms with Gasteiger partial charge in [-0.15, -0.1) is 0 Å². The molecule has 164 valence electrons. The largest absolute Gasteiger partial charge is 0.468 e. The standard InChI is InChI=1S/C20H15N3O7S2/c1-29-18(25)10-23-13-7-6-11(32(21,27)28)8-17(13)31-20(23)22-19(26)16-9-14(24)12-4-2-3-5-15(12)30-16/h2-9H,10H2,1H3,(H2,21,27,28). The Bertz CT molecular complexity index is 1630. The van der Waals surface area contributed by atoms with Crippen LogP contribution in [-0.4, -0.2) is 32.0 Å². The van der Waals surface area contributed by atoms with Crippen molar-refractivity contribution in [3.8, 4) is 0 Å². The van der Waals surface area contributed by atoms with Gasteiger partial charge in [-0.05, 0) is 30.3 Å². The van der Waals surface area contributed by atoms with Crippen LogP contribution in [-0.2, 0) is 26.1 Å². The maximum absolute atomic E-state index is 12.8. The highest BCUT2D eigenvalue weighted by Crippen LogP contribution is 2.22. The minimum Gasteiger partial charge on any atom is -0.468 e. The van der Waals surface area contributed by atoms with Gasteiger partial charge in [-0.25, -0.2) is 13.6 Å². The first-order valence-electron chi connectivity index (χ1n) is 9.02. The molecule has 0 bridgehead atoms. The number of thiazole rings is 1. The van der Waals surface area contributed by atoms with Crippen molar-refractivity contribution in [2.45, 2.75) is 11.4 Å². The van der Waals surface area contributed by atoms with Crippen LogP contribution < -0.4 is 15.4 Å². The number of benzene rings is 2. The number of nitrogens with zero attached hydrogens (tertiary/aromatic N) is 2. The maximum atomic E-state index is 12.8. The molecule has 0 saturated carbocycles. The summed E-state index contributed by atoms with van der Waals surface area (Å²) in [7, 11) is -2.75. The molecule has 0 unspecified atom stereocenters. The van der Waals surface area contributed by atoms with Crippen molar-refractivity contribution in [2.24, 2.45) is 10.1 Å². The van der Waals surface area contributed by atoms with Crippen LogP contribution in [0.2, 0.25) is 0 Å². The minimum atomic E-state index is -3.96. The maximum Gasteiger partial charge on any atom is 0.325 e. The van der Waals surface area contributed by atoms with Crippen molar-refractivity contribution in [3.63, 3.8) is 0 Å². The van der Waals surface area contributed by atoms with Crippen LogP contribution >= 0.6 is 11.3 Å². The zero-order valence-electron chi connectivity index (χ0n) is 16.5. The molecule has 2 N–H and O–H groups in total. The Morgan fingerprint density at radius 2 is 1.94 bits per heavy atom. The number of hydrogen-bond acceptors (Lipinski definition) is 8. The molecule has 0 spiro atoms. The summed E-state index contributed by atoms with van der Waals surface area (Å²) in [5, 5.41) is 5.51. The van der Waals surface area contributed by atoms with Crippen molar-refractivity contribution < 1.29 is 27.2 Å². The van der Waals surface area contributed by atoms with Gasteiger partial charge in [0.2, 0.25) is 10.0 Å². The lowest BCUT2D eigenvalue weighted by Crippen LogP contribution is -2.22. The van der Waals surface area contributed by atoms with Crippen LogP contribution in [0, 0.1) is 0 Å². The molecule has 0 saturated heterocycles. The monoisotopic (exact) mass is 473 g/mol. The van der Waals surface area contributed by atoms with Gasteiger partial charge in [0.15, 0.2) is 16.0 Å². The lowest BCUT2D eigenvalue weighted by molar-refractivity contribution is -0.141. The molecule has 0 fully saturated rings. The van der Waals surface area contributed by atoms with E-state index in [2.05, 4.69) is 4.99 Å². The molecule has 0 aliphatic heterocycles. The number of rotatable bonds is 4. The van der Waals surface area contributed by atoms with Crippen LogP contribution in [0.25, 0.3) is 21.2 Å². The van der Waals surface area contributed by atoms with Crippen LogP contribution in [0.15, 0.2) is 67.6 Å². The number of carbonyl (C=O) groups excluding carboxylic acids is 2. The van der Waals surface area contributed by atoms with Crippen LogP contribution in [0.4, 0.5) is 0 Å². The van der Waals surface area contributed by atoms with E-state index < -0.39 is 27.3 Å². The molecule has 2 aromatic carbocycles. The van der Waals surface area contributed by atoms with Gasteiger partial charge < -0.3 is 13.7 Å². The summed E-state index contributed by atoms with van der Waals surface area (Å²) in [6, 6.07) is 11.6. The number of nitrogens with two attached hydrogens (primary N) is 1. The van der Waals surface area contributed by atoms with E-state index in [9.17, 15) is 22.8 Å². The first kappa shape index (κ1) is 21.6. The van der Waals surface area contributed by atoms with Gasteiger partial charge in [-0.2, -0.15) is 4.99 Å². The Morgan fingerprint density at radius 1 is 1.19 bits per heavy atom. The highest BCUT2D eigenvalue weighted by Gasteiger charge is 2.17. The predicted molar refractivity (Wildman–Crippen MR) is 116 cm³/mol. The summed E-state index contributed by atoms with van der Waals surface area (Å²) in [5.41, 5.74) is 0.274. The predicted octanol–water partition coefficient (Wildman–Crippen LogP) is 1.37. The molecule has 1 amide bonds. The second-order valence-corrected chi connectivity index (χ2v) is 9.18. The van der Waals surface area contributed by atoms with Gasteiger partial charge in [0.05, 0.1) is 27.6 Å². The van der Waals surface area contributed by atoms with Gasteiger partial charge in [-0.1, -0.05) is 23.5 Å². The highest BCUT2D eigenvalue weighted by atomic mass is 32.2. The number of ether oxygens (including phenoxy) is 1. The van der Waals surface area contributed by atoms with E-state index in [1.54, 1.807) is 24.3 Å². The van der Waals surface area contributed by atoms with Gasteiger partial charge in [0.1, 0.15) is 12.1 Å². The third-order valence-corrected chi connectivity index (χ3v) is 6.49. The molecule has 4 rings (SSSR count). The van der Waals surface area contributed by atoms with Crippen molar-refractivity contribution in [1.29, 1.82) is 0 Å². The molecule has 2 aromatic heterocycles. The Labute approximate surface area is 184 Å². The third-order valence-electron chi connectivity index (χ3n) is 4.54. The van der Waals surface area contributed by atoms with Crippen molar-refractivity contribution in [1.82, 2.24) is 4.57 Å². The first-order chi connectivity index (χ1) is 15.2. The molecular weight excluding hydrogens is 458 g/mol.